The summed E-state index contributed by atoms with van der Waals surface area (Å²) in [5.74, 6) is 0. The number of thiazole rings is 1. The number of hydrogen-bond acceptors (Lipinski definition) is 6. The van der Waals surface area contributed by atoms with Crippen LogP contribution in [0.2, 0.25) is 0 Å². The smallest absolute Gasteiger partial charge is 0.186 e. The Balaban J connectivity index is 2.93. The molecule has 1 aromatic rings. The van der Waals surface area contributed by atoms with Gasteiger partial charge in [0.2, 0.25) is 0 Å². The first-order chi connectivity index (χ1) is 10.0. The minimum Gasteiger partial charge on any atom is -0.383 e. The van der Waals surface area contributed by atoms with E-state index in [1.54, 1.807) is 25.6 Å². The maximum absolute atomic E-state index is 5.29. The molecule has 0 saturated carbocycles. The molecule has 0 aliphatic rings. The lowest BCUT2D eigenvalue weighted by atomic mass is 10.2. The number of methoxy groups -OCH3 is 2. The van der Waals surface area contributed by atoms with Crippen molar-refractivity contribution in [2.24, 2.45) is 0 Å². The highest BCUT2D eigenvalue weighted by atomic mass is 32.1. The summed E-state index contributed by atoms with van der Waals surface area (Å²) >= 11 is 1.76. The Bertz CT molecular complexity index is 412. The molecule has 1 rings (SSSR count). The topological polar surface area (TPSA) is 46.6 Å². The van der Waals surface area contributed by atoms with Gasteiger partial charge in [0.05, 0.1) is 24.9 Å². The van der Waals surface area contributed by atoms with E-state index in [1.165, 1.54) is 4.88 Å². The van der Waals surface area contributed by atoms with Gasteiger partial charge in [-0.05, 0) is 27.3 Å². The Kier molecular flexibility index (Phi) is 8.18. The molecule has 0 amide bonds. The van der Waals surface area contributed by atoms with Crippen LogP contribution in [-0.4, -0.2) is 51.5 Å². The van der Waals surface area contributed by atoms with Gasteiger partial charge >= 0.3 is 0 Å². The van der Waals surface area contributed by atoms with Gasteiger partial charge in [-0.15, -0.1) is 11.3 Å². The van der Waals surface area contributed by atoms with Crippen LogP contribution < -0.4 is 10.2 Å². The molecule has 0 radical (unpaired) electrons. The molecule has 1 aromatic heterocycles. The predicted octanol–water partition coefficient (Wildman–Crippen LogP) is 2.61. The lowest BCUT2D eigenvalue weighted by molar-refractivity contribution is 0.171. The summed E-state index contributed by atoms with van der Waals surface area (Å²) in [6.07, 6.45) is 0. The average molecular weight is 315 g/mol. The highest BCUT2D eigenvalue weighted by Crippen LogP contribution is 2.31. The molecule has 0 fully saturated rings. The second kappa shape index (κ2) is 9.35. The van der Waals surface area contributed by atoms with E-state index >= 15 is 0 Å². The number of aryl methyl sites for hydroxylation is 1. The van der Waals surface area contributed by atoms with Crippen molar-refractivity contribution in [3.05, 3.63) is 10.6 Å². The molecule has 2 unspecified atom stereocenters. The van der Waals surface area contributed by atoms with E-state index < -0.39 is 0 Å². The lowest BCUT2D eigenvalue weighted by Gasteiger charge is -2.28. The van der Waals surface area contributed by atoms with Crippen molar-refractivity contribution in [1.82, 2.24) is 10.3 Å². The maximum Gasteiger partial charge on any atom is 0.186 e. The predicted molar refractivity (Wildman–Crippen MR) is 89.5 cm³/mol. The van der Waals surface area contributed by atoms with Gasteiger partial charge in [0.25, 0.3) is 0 Å². The Labute approximate surface area is 132 Å². The fraction of sp³-hybridized carbons (Fsp3) is 0.800. The first-order valence-electron chi connectivity index (χ1n) is 7.50. The summed E-state index contributed by atoms with van der Waals surface area (Å²) < 4.78 is 10.5. The third-order valence-corrected chi connectivity index (χ3v) is 4.82. The van der Waals surface area contributed by atoms with E-state index in [0.29, 0.717) is 19.3 Å². The van der Waals surface area contributed by atoms with Gasteiger partial charge in [0.15, 0.2) is 5.13 Å². The summed E-state index contributed by atoms with van der Waals surface area (Å²) in [6, 6.07) is 0.612. The summed E-state index contributed by atoms with van der Waals surface area (Å²) in [5.41, 5.74) is 1.11. The largest absolute Gasteiger partial charge is 0.383 e. The van der Waals surface area contributed by atoms with E-state index in [0.717, 1.165) is 23.9 Å². The van der Waals surface area contributed by atoms with Crippen LogP contribution in [0, 0.1) is 6.92 Å². The van der Waals surface area contributed by atoms with Gasteiger partial charge < -0.3 is 19.7 Å². The van der Waals surface area contributed by atoms with Gasteiger partial charge in [-0.1, -0.05) is 6.92 Å². The normalized spacial score (nSPS) is 14.2. The average Bonchev–Trinajstić information content (AvgIpc) is 2.82. The molecule has 0 saturated heterocycles. The summed E-state index contributed by atoms with van der Waals surface area (Å²) in [6.45, 7) is 11.7. The molecular formula is C15H29N3O2S. The molecule has 122 valence electrons. The molecule has 1 heterocycles. The van der Waals surface area contributed by atoms with Gasteiger partial charge in [-0.3, -0.25) is 0 Å². The van der Waals surface area contributed by atoms with E-state index in [1.807, 2.05) is 0 Å². The Hall–Kier alpha value is -0.690. The highest BCUT2D eigenvalue weighted by Gasteiger charge is 2.21. The summed E-state index contributed by atoms with van der Waals surface area (Å²) in [7, 11) is 3.46. The van der Waals surface area contributed by atoms with Crippen molar-refractivity contribution in [3.63, 3.8) is 0 Å². The molecule has 1 N–H and O–H groups in total. The zero-order valence-corrected chi connectivity index (χ0v) is 14.9. The Morgan fingerprint density at radius 3 is 2.57 bits per heavy atom. The van der Waals surface area contributed by atoms with Crippen LogP contribution in [0.4, 0.5) is 5.13 Å². The lowest BCUT2D eigenvalue weighted by Crippen LogP contribution is -2.38. The molecule has 0 aliphatic heterocycles. The van der Waals surface area contributed by atoms with E-state index in [9.17, 15) is 0 Å². The number of anilines is 1. The number of hydrogen-bond donors (Lipinski definition) is 1. The van der Waals surface area contributed by atoms with Crippen LogP contribution in [0.5, 0.6) is 0 Å². The van der Waals surface area contributed by atoms with E-state index in [-0.39, 0.29) is 6.04 Å². The second-order valence-electron chi connectivity index (χ2n) is 5.22. The molecule has 5 nitrogen and oxygen atoms in total. The van der Waals surface area contributed by atoms with Gasteiger partial charge in [0.1, 0.15) is 0 Å². The first kappa shape index (κ1) is 18.4. The summed E-state index contributed by atoms with van der Waals surface area (Å²) in [5, 5.41) is 4.50. The fourth-order valence-electron chi connectivity index (χ4n) is 2.34. The number of nitrogens with one attached hydrogen (secondary N) is 1. The molecule has 0 aliphatic carbocycles. The molecule has 6 heteroatoms. The SMILES string of the molecule is CCNC(C)c1sc(N(CCOC)C(C)COC)nc1C. The zero-order chi connectivity index (χ0) is 15.8. The van der Waals surface area contributed by atoms with Crippen LogP contribution in [0.3, 0.4) is 0 Å². The van der Waals surface area contributed by atoms with Crippen molar-refractivity contribution < 1.29 is 9.47 Å². The minimum absolute atomic E-state index is 0.276. The molecule has 2 atom stereocenters. The maximum atomic E-state index is 5.29. The quantitative estimate of drug-likeness (QED) is 0.719. The third kappa shape index (κ3) is 5.21. The Morgan fingerprint density at radius 2 is 2.00 bits per heavy atom. The van der Waals surface area contributed by atoms with Crippen molar-refractivity contribution in [3.8, 4) is 0 Å². The monoisotopic (exact) mass is 315 g/mol. The molecule has 0 bridgehead atoms. The van der Waals surface area contributed by atoms with Gasteiger partial charge in [0, 0.05) is 31.7 Å². The van der Waals surface area contributed by atoms with Crippen LogP contribution in [0.1, 0.15) is 37.4 Å². The molecular weight excluding hydrogens is 286 g/mol. The second-order valence-corrected chi connectivity index (χ2v) is 6.23. The zero-order valence-electron chi connectivity index (χ0n) is 14.1. The number of nitrogens with zero attached hydrogens (tertiary/aromatic N) is 2. The number of rotatable bonds is 10. The summed E-state index contributed by atoms with van der Waals surface area (Å²) in [4.78, 5) is 8.34. The van der Waals surface area contributed by atoms with Gasteiger partial charge in [-0.25, -0.2) is 4.98 Å². The van der Waals surface area contributed by atoms with Crippen LogP contribution in [0.15, 0.2) is 0 Å². The van der Waals surface area contributed by atoms with Gasteiger partial charge in [-0.2, -0.15) is 0 Å². The number of ether oxygens (including phenoxy) is 2. The van der Waals surface area contributed by atoms with E-state index in [4.69, 9.17) is 14.5 Å². The standard InChI is InChI=1S/C15H29N3O2S/c1-7-16-12(3)14-13(4)17-15(21-14)18(8-9-19-5)11(2)10-20-6/h11-12,16H,7-10H2,1-6H3. The molecule has 0 spiro atoms. The van der Waals surface area contributed by atoms with Crippen LogP contribution >= 0.6 is 11.3 Å². The fourth-order valence-corrected chi connectivity index (χ4v) is 3.56. The van der Waals surface area contributed by atoms with Crippen molar-refractivity contribution in [2.75, 3.05) is 45.4 Å². The van der Waals surface area contributed by atoms with Crippen molar-refractivity contribution in [2.45, 2.75) is 39.8 Å². The molecule has 21 heavy (non-hydrogen) atoms. The first-order valence-corrected chi connectivity index (χ1v) is 8.31. The highest BCUT2D eigenvalue weighted by molar-refractivity contribution is 7.15. The Morgan fingerprint density at radius 1 is 1.29 bits per heavy atom. The number of aromatic nitrogens is 1. The van der Waals surface area contributed by atoms with Crippen molar-refractivity contribution in [1.29, 1.82) is 0 Å². The van der Waals surface area contributed by atoms with Crippen LogP contribution in [-0.2, 0) is 9.47 Å². The third-order valence-electron chi connectivity index (χ3n) is 3.45. The van der Waals surface area contributed by atoms with E-state index in [2.05, 4.69) is 37.9 Å². The minimum atomic E-state index is 0.276. The molecule has 0 aromatic carbocycles. The van der Waals surface area contributed by atoms with Crippen molar-refractivity contribution >= 4 is 16.5 Å². The van der Waals surface area contributed by atoms with Crippen LogP contribution in [0.25, 0.3) is 0 Å².